The third-order valence-electron chi connectivity index (χ3n) is 5.26. The smallest absolute Gasteiger partial charge is 0.462 e. The van der Waals surface area contributed by atoms with E-state index in [2.05, 4.69) is 13.8 Å². The average molecular weight is 585 g/mol. The van der Waals surface area contributed by atoms with Crippen LogP contribution in [0.25, 0.3) is 0 Å². The molecule has 0 aliphatic carbocycles. The van der Waals surface area contributed by atoms with Crippen molar-refractivity contribution in [3.63, 3.8) is 0 Å². The van der Waals surface area contributed by atoms with Gasteiger partial charge in [-0.15, -0.1) is 0 Å². The number of carbonyl (C=O) groups is 3. The molecule has 0 saturated carbocycles. The molecule has 0 aromatic heterocycles. The standard InChI is InChI=1S/C25H45IO7/c1-3-5-7-9-11-13-15-17-23(27)30-19-22(20-31-25(29)32-21-26)33-24(28)18-16-14-12-10-8-6-4-2/h22H,3-21H2,1-2H3/t22-/m1/s1. The normalized spacial score (nSPS) is 11.6. The summed E-state index contributed by atoms with van der Waals surface area (Å²) < 4.78 is 20.5. The van der Waals surface area contributed by atoms with Crippen molar-refractivity contribution in [3.8, 4) is 0 Å². The first-order chi connectivity index (χ1) is 16.0. The second kappa shape index (κ2) is 24.1. The zero-order chi connectivity index (χ0) is 24.6. The summed E-state index contributed by atoms with van der Waals surface area (Å²) in [7, 11) is 0. The summed E-state index contributed by atoms with van der Waals surface area (Å²) in [6, 6.07) is 0. The monoisotopic (exact) mass is 584 g/mol. The maximum absolute atomic E-state index is 12.2. The zero-order valence-corrected chi connectivity index (χ0v) is 22.9. The minimum absolute atomic E-state index is 0.129. The van der Waals surface area contributed by atoms with E-state index in [-0.39, 0.29) is 29.8 Å². The Morgan fingerprint density at radius 1 is 0.606 bits per heavy atom. The molecule has 0 fully saturated rings. The van der Waals surface area contributed by atoms with E-state index in [1.54, 1.807) is 0 Å². The Morgan fingerprint density at radius 2 is 1.06 bits per heavy atom. The number of hydrogen-bond acceptors (Lipinski definition) is 7. The van der Waals surface area contributed by atoms with Crippen molar-refractivity contribution in [3.05, 3.63) is 0 Å². The van der Waals surface area contributed by atoms with Crippen molar-refractivity contribution in [2.45, 2.75) is 123 Å². The van der Waals surface area contributed by atoms with E-state index < -0.39 is 12.3 Å². The number of halogens is 1. The molecule has 0 saturated heterocycles. The largest absolute Gasteiger partial charge is 0.509 e. The highest BCUT2D eigenvalue weighted by molar-refractivity contribution is 14.1. The zero-order valence-electron chi connectivity index (χ0n) is 20.7. The Bertz CT molecular complexity index is 499. The third-order valence-corrected chi connectivity index (χ3v) is 5.57. The van der Waals surface area contributed by atoms with Crippen LogP contribution in [0.1, 0.15) is 117 Å². The molecule has 0 amide bonds. The lowest BCUT2D eigenvalue weighted by Crippen LogP contribution is -2.31. The van der Waals surface area contributed by atoms with Crippen LogP contribution in [-0.2, 0) is 28.5 Å². The van der Waals surface area contributed by atoms with Gasteiger partial charge in [0.05, 0.1) is 0 Å². The number of carbonyl (C=O) groups excluding carboxylic acids is 3. The van der Waals surface area contributed by atoms with Gasteiger partial charge < -0.3 is 18.9 Å². The van der Waals surface area contributed by atoms with Gasteiger partial charge >= 0.3 is 18.1 Å². The van der Waals surface area contributed by atoms with Crippen molar-refractivity contribution >= 4 is 40.7 Å². The van der Waals surface area contributed by atoms with E-state index in [0.29, 0.717) is 12.8 Å². The highest BCUT2D eigenvalue weighted by atomic mass is 127. The van der Waals surface area contributed by atoms with Gasteiger partial charge in [-0.25, -0.2) is 4.79 Å². The van der Waals surface area contributed by atoms with Crippen LogP contribution in [0, 0.1) is 0 Å². The van der Waals surface area contributed by atoms with Crippen LogP contribution in [-0.4, -0.2) is 42.0 Å². The van der Waals surface area contributed by atoms with Crippen LogP contribution in [0.15, 0.2) is 0 Å². The molecule has 33 heavy (non-hydrogen) atoms. The van der Waals surface area contributed by atoms with E-state index in [1.807, 2.05) is 22.6 Å². The summed E-state index contributed by atoms with van der Waals surface area (Å²) in [6.07, 6.45) is 14.5. The topological polar surface area (TPSA) is 88.1 Å². The fraction of sp³-hybridized carbons (Fsp3) is 0.880. The third kappa shape index (κ3) is 22.5. The average Bonchev–Trinajstić information content (AvgIpc) is 2.79. The van der Waals surface area contributed by atoms with Gasteiger partial charge in [-0.05, 0) is 35.4 Å². The fourth-order valence-electron chi connectivity index (χ4n) is 3.32. The van der Waals surface area contributed by atoms with Crippen molar-refractivity contribution < 1.29 is 33.3 Å². The first kappa shape index (κ1) is 31.9. The molecule has 0 unspecified atom stereocenters. The second-order valence-electron chi connectivity index (χ2n) is 8.35. The Balaban J connectivity index is 4.21. The highest BCUT2D eigenvalue weighted by Crippen LogP contribution is 2.11. The van der Waals surface area contributed by atoms with Gasteiger partial charge in [-0.1, -0.05) is 90.9 Å². The number of rotatable bonds is 22. The molecule has 0 N–H and O–H groups in total. The van der Waals surface area contributed by atoms with Crippen molar-refractivity contribution in [1.29, 1.82) is 0 Å². The van der Waals surface area contributed by atoms with Crippen LogP contribution in [0.3, 0.4) is 0 Å². The summed E-state index contributed by atoms with van der Waals surface area (Å²) in [4.78, 5) is 35.7. The summed E-state index contributed by atoms with van der Waals surface area (Å²) in [5.74, 6) is -0.700. The lowest BCUT2D eigenvalue weighted by atomic mass is 10.1. The number of ether oxygens (including phenoxy) is 4. The number of hydrogen-bond donors (Lipinski definition) is 0. The van der Waals surface area contributed by atoms with E-state index in [0.717, 1.165) is 38.5 Å². The number of alkyl halides is 1. The van der Waals surface area contributed by atoms with Crippen LogP contribution >= 0.6 is 22.6 Å². The molecule has 1 atom stereocenters. The molecule has 0 spiro atoms. The lowest BCUT2D eigenvalue weighted by molar-refractivity contribution is -0.162. The molecule has 0 bridgehead atoms. The predicted molar refractivity (Wildman–Crippen MR) is 137 cm³/mol. The van der Waals surface area contributed by atoms with Crippen LogP contribution in [0.5, 0.6) is 0 Å². The number of unbranched alkanes of at least 4 members (excludes halogenated alkanes) is 12. The molecular formula is C25H45IO7. The van der Waals surface area contributed by atoms with Crippen molar-refractivity contribution in [1.82, 2.24) is 0 Å². The minimum atomic E-state index is -0.841. The van der Waals surface area contributed by atoms with E-state index in [4.69, 9.17) is 18.9 Å². The van der Waals surface area contributed by atoms with Gasteiger partial charge in [0, 0.05) is 12.8 Å². The maximum atomic E-state index is 12.2. The SMILES string of the molecule is CCCCCCCCCC(=O)OC[C@H](COC(=O)OCI)OC(=O)CCCCCCCCC. The van der Waals surface area contributed by atoms with E-state index in [9.17, 15) is 14.4 Å². The molecule has 0 heterocycles. The molecule has 194 valence electrons. The van der Waals surface area contributed by atoms with E-state index in [1.165, 1.54) is 51.4 Å². The summed E-state index contributed by atoms with van der Waals surface area (Å²) in [5.41, 5.74) is 0. The quantitative estimate of drug-likeness (QED) is 0.0435. The highest BCUT2D eigenvalue weighted by Gasteiger charge is 2.19. The first-order valence-electron chi connectivity index (χ1n) is 12.7. The molecule has 0 aromatic rings. The van der Waals surface area contributed by atoms with Crippen LogP contribution in [0.4, 0.5) is 4.79 Å². The summed E-state index contributed by atoms with van der Waals surface area (Å²) in [6.45, 7) is 4.04. The molecule has 0 radical (unpaired) electrons. The Hall–Kier alpha value is -1.06. The Labute approximate surface area is 214 Å². The number of esters is 2. The predicted octanol–water partition coefficient (Wildman–Crippen LogP) is 7.27. The molecule has 0 rings (SSSR count). The molecule has 0 aliphatic heterocycles. The molecule has 7 nitrogen and oxygen atoms in total. The van der Waals surface area contributed by atoms with Crippen LogP contribution < -0.4 is 0 Å². The van der Waals surface area contributed by atoms with Crippen LogP contribution in [0.2, 0.25) is 0 Å². The van der Waals surface area contributed by atoms with Gasteiger partial charge in [0.1, 0.15) is 17.8 Å². The molecule has 0 aliphatic rings. The maximum Gasteiger partial charge on any atom is 0.509 e. The van der Waals surface area contributed by atoms with Crippen molar-refractivity contribution in [2.75, 3.05) is 17.8 Å². The fourth-order valence-corrected chi connectivity index (χ4v) is 3.57. The molecule has 0 aromatic carbocycles. The second-order valence-corrected chi connectivity index (χ2v) is 8.97. The minimum Gasteiger partial charge on any atom is -0.462 e. The molecule has 8 heteroatoms. The Morgan fingerprint density at radius 3 is 1.58 bits per heavy atom. The van der Waals surface area contributed by atoms with Gasteiger partial charge in [-0.2, -0.15) is 0 Å². The Kier molecular flexibility index (Phi) is 23.3. The first-order valence-corrected chi connectivity index (χ1v) is 14.3. The summed E-state index contributed by atoms with van der Waals surface area (Å²) in [5, 5.41) is 0. The lowest BCUT2D eigenvalue weighted by Gasteiger charge is -2.18. The van der Waals surface area contributed by atoms with Gasteiger partial charge in [0.15, 0.2) is 6.10 Å². The van der Waals surface area contributed by atoms with E-state index >= 15 is 0 Å². The van der Waals surface area contributed by atoms with Gasteiger partial charge in [0.25, 0.3) is 0 Å². The van der Waals surface area contributed by atoms with Gasteiger partial charge in [0.2, 0.25) is 0 Å². The van der Waals surface area contributed by atoms with Gasteiger partial charge in [-0.3, -0.25) is 9.59 Å². The van der Waals surface area contributed by atoms with Crippen molar-refractivity contribution in [2.24, 2.45) is 0 Å². The molecular weight excluding hydrogens is 539 g/mol. The summed E-state index contributed by atoms with van der Waals surface area (Å²) >= 11 is 1.88.